The fraction of sp³-hybridized carbons (Fsp3) is 0.655. The lowest BCUT2D eigenvalue weighted by Crippen LogP contribution is -2.58. The molecule has 12 nitrogen and oxygen atoms in total. The zero-order valence-corrected chi connectivity index (χ0v) is 25.2. The molecule has 4 atom stereocenters. The number of likely N-dealkylation sites (N-methyl/N-ethyl adjacent to an activating group) is 1. The van der Waals surface area contributed by atoms with Gasteiger partial charge >= 0.3 is 6.09 Å². The topological polar surface area (TPSA) is 156 Å². The van der Waals surface area contributed by atoms with E-state index in [9.17, 15) is 24.3 Å². The summed E-state index contributed by atoms with van der Waals surface area (Å²) in [7, 11) is 4.36. The smallest absolute Gasteiger partial charge is 0.410 e. The molecular formula is C29H46N4O8. The van der Waals surface area contributed by atoms with Crippen LogP contribution in [0.15, 0.2) is 24.3 Å². The monoisotopic (exact) mass is 578 g/mol. The molecule has 0 aliphatic heterocycles. The lowest BCUT2D eigenvalue weighted by atomic mass is 9.87. The van der Waals surface area contributed by atoms with Crippen molar-refractivity contribution in [3.8, 4) is 0 Å². The number of hydrogen-bond donors (Lipinski definition) is 4. The van der Waals surface area contributed by atoms with Gasteiger partial charge in [-0.15, -0.1) is 0 Å². The van der Waals surface area contributed by atoms with Crippen molar-refractivity contribution in [1.82, 2.24) is 20.9 Å². The summed E-state index contributed by atoms with van der Waals surface area (Å²) in [5.74, 6) is -1.82. The van der Waals surface area contributed by atoms with Gasteiger partial charge in [-0.3, -0.25) is 19.3 Å². The first-order valence-corrected chi connectivity index (χ1v) is 13.9. The van der Waals surface area contributed by atoms with Gasteiger partial charge in [0, 0.05) is 27.7 Å². The van der Waals surface area contributed by atoms with E-state index in [0.717, 1.165) is 29.7 Å². The third-order valence-corrected chi connectivity index (χ3v) is 6.99. The van der Waals surface area contributed by atoms with Crippen molar-refractivity contribution < 1.29 is 38.5 Å². The molecule has 41 heavy (non-hydrogen) atoms. The number of hydrogen-bond acceptors (Lipinski definition) is 8. The minimum Gasteiger partial charge on any atom is -0.444 e. The Balaban J connectivity index is 2.12. The molecule has 2 rings (SSSR count). The van der Waals surface area contributed by atoms with Crippen LogP contribution in [0.4, 0.5) is 4.79 Å². The van der Waals surface area contributed by atoms with E-state index < -0.39 is 60.4 Å². The number of nitrogens with zero attached hydrogens (tertiary/aromatic N) is 1. The predicted octanol–water partition coefficient (Wildman–Crippen LogP) is 1.80. The van der Waals surface area contributed by atoms with Crippen molar-refractivity contribution in [1.29, 1.82) is 0 Å². The lowest BCUT2D eigenvalue weighted by Gasteiger charge is -2.30. The van der Waals surface area contributed by atoms with Crippen LogP contribution in [-0.2, 0) is 35.0 Å². The molecule has 1 aliphatic rings. The number of ether oxygens (including phenoxy) is 3. The highest BCUT2D eigenvalue weighted by atomic mass is 16.7. The van der Waals surface area contributed by atoms with Gasteiger partial charge in [0.1, 0.15) is 23.7 Å². The summed E-state index contributed by atoms with van der Waals surface area (Å²) in [5.41, 5.74) is 1.47. The van der Waals surface area contributed by atoms with Crippen LogP contribution in [0.1, 0.15) is 70.5 Å². The highest BCUT2D eigenvalue weighted by Gasteiger charge is 2.32. The second-order valence-electron chi connectivity index (χ2n) is 11.2. The third kappa shape index (κ3) is 10.3. The van der Waals surface area contributed by atoms with Crippen molar-refractivity contribution in [3.63, 3.8) is 0 Å². The number of aliphatic hydroxyl groups is 1. The van der Waals surface area contributed by atoms with E-state index in [1.54, 1.807) is 20.8 Å². The largest absolute Gasteiger partial charge is 0.444 e. The highest BCUT2D eigenvalue weighted by Crippen LogP contribution is 2.29. The molecule has 0 fully saturated rings. The minimum absolute atomic E-state index is 0.183. The van der Waals surface area contributed by atoms with E-state index in [-0.39, 0.29) is 12.5 Å². The highest BCUT2D eigenvalue weighted by molar-refractivity contribution is 5.93. The second-order valence-corrected chi connectivity index (χ2v) is 11.2. The lowest BCUT2D eigenvalue weighted by molar-refractivity contribution is -0.135. The molecule has 0 saturated heterocycles. The van der Waals surface area contributed by atoms with E-state index in [0.29, 0.717) is 6.42 Å². The van der Waals surface area contributed by atoms with Gasteiger partial charge in [0.15, 0.2) is 6.29 Å². The molecule has 0 saturated carbocycles. The summed E-state index contributed by atoms with van der Waals surface area (Å²) in [6, 6.07) is 4.39. The Morgan fingerprint density at radius 3 is 2.24 bits per heavy atom. The maximum absolute atomic E-state index is 13.5. The fourth-order valence-electron chi connectivity index (χ4n) is 4.51. The van der Waals surface area contributed by atoms with Gasteiger partial charge < -0.3 is 35.3 Å². The first kappa shape index (κ1) is 34.0. The van der Waals surface area contributed by atoms with E-state index in [4.69, 9.17) is 14.2 Å². The minimum atomic E-state index is -1.36. The normalized spacial score (nSPS) is 17.0. The molecule has 4 N–H and O–H groups in total. The Kier molecular flexibility index (Phi) is 13.0. The maximum Gasteiger partial charge on any atom is 0.410 e. The number of carbonyl (C=O) groups is 4. The summed E-state index contributed by atoms with van der Waals surface area (Å²) in [6.45, 7) is 5.87. The van der Waals surface area contributed by atoms with Crippen LogP contribution in [0.25, 0.3) is 0 Å². The molecule has 1 aromatic rings. The molecule has 1 aliphatic carbocycles. The summed E-state index contributed by atoms with van der Waals surface area (Å²) in [4.78, 5) is 52.9. The number of methoxy groups -OCH3 is 2. The van der Waals surface area contributed by atoms with Crippen LogP contribution in [0, 0.1) is 0 Å². The average Bonchev–Trinajstić information content (AvgIpc) is 2.93. The summed E-state index contributed by atoms with van der Waals surface area (Å²) >= 11 is 0. The van der Waals surface area contributed by atoms with Crippen molar-refractivity contribution >= 4 is 23.8 Å². The maximum atomic E-state index is 13.5. The molecule has 1 aromatic carbocycles. The SMILES string of the molecule is COC(CCC(NC(=O)[C@H](CO)NC(=O)[C@H](C)N(C)C(=O)OC(C)(C)C)C(=O)N[C@@H]1CCCc2ccccc21)OC. The number of rotatable bonds is 13. The molecule has 0 spiro atoms. The van der Waals surface area contributed by atoms with Crippen LogP contribution in [0.2, 0.25) is 0 Å². The van der Waals surface area contributed by atoms with E-state index in [1.165, 1.54) is 33.8 Å². The molecule has 1 unspecified atom stereocenters. The van der Waals surface area contributed by atoms with Crippen LogP contribution in [0.3, 0.4) is 0 Å². The Morgan fingerprint density at radius 2 is 1.63 bits per heavy atom. The van der Waals surface area contributed by atoms with Crippen molar-refractivity contribution in [3.05, 3.63) is 35.4 Å². The summed E-state index contributed by atoms with van der Waals surface area (Å²) < 4.78 is 15.8. The van der Waals surface area contributed by atoms with Gasteiger partial charge in [-0.05, 0) is 64.5 Å². The van der Waals surface area contributed by atoms with E-state index in [1.807, 2.05) is 24.3 Å². The molecular weight excluding hydrogens is 532 g/mol. The van der Waals surface area contributed by atoms with Crippen LogP contribution in [0.5, 0.6) is 0 Å². The Labute approximate surface area is 242 Å². The number of carbonyl (C=O) groups excluding carboxylic acids is 4. The van der Waals surface area contributed by atoms with Gasteiger partial charge in [0.25, 0.3) is 0 Å². The Hall–Kier alpha value is -3.22. The van der Waals surface area contributed by atoms with Gasteiger partial charge in [0.2, 0.25) is 17.7 Å². The first-order valence-electron chi connectivity index (χ1n) is 13.9. The molecule has 0 aromatic heterocycles. The van der Waals surface area contributed by atoms with Crippen molar-refractivity contribution in [2.75, 3.05) is 27.9 Å². The Morgan fingerprint density at radius 1 is 1.00 bits per heavy atom. The van der Waals surface area contributed by atoms with Crippen molar-refractivity contribution in [2.45, 2.75) is 95.9 Å². The van der Waals surface area contributed by atoms with Gasteiger partial charge in [0.05, 0.1) is 12.6 Å². The van der Waals surface area contributed by atoms with Gasteiger partial charge in [-0.25, -0.2) is 4.79 Å². The zero-order chi connectivity index (χ0) is 30.7. The number of aryl methyl sites for hydroxylation is 1. The van der Waals surface area contributed by atoms with E-state index in [2.05, 4.69) is 16.0 Å². The molecule has 0 heterocycles. The van der Waals surface area contributed by atoms with Gasteiger partial charge in [-0.1, -0.05) is 24.3 Å². The number of fused-ring (bicyclic) bond motifs is 1. The van der Waals surface area contributed by atoms with Crippen LogP contribution >= 0.6 is 0 Å². The van der Waals surface area contributed by atoms with E-state index >= 15 is 0 Å². The molecule has 0 bridgehead atoms. The second kappa shape index (κ2) is 15.7. The predicted molar refractivity (Wildman–Crippen MR) is 152 cm³/mol. The quantitative estimate of drug-likeness (QED) is 0.258. The van der Waals surface area contributed by atoms with Gasteiger partial charge in [-0.2, -0.15) is 0 Å². The average molecular weight is 579 g/mol. The third-order valence-electron chi connectivity index (χ3n) is 6.99. The molecule has 12 heteroatoms. The molecule has 4 amide bonds. The number of amides is 4. The zero-order valence-electron chi connectivity index (χ0n) is 25.2. The number of aliphatic hydroxyl groups excluding tert-OH is 1. The first-order chi connectivity index (χ1) is 19.3. The summed E-state index contributed by atoms with van der Waals surface area (Å²) in [5, 5.41) is 18.1. The number of benzene rings is 1. The fourth-order valence-corrected chi connectivity index (χ4v) is 4.51. The molecule has 0 radical (unpaired) electrons. The Bertz CT molecular complexity index is 1040. The number of nitrogens with one attached hydrogen (secondary N) is 3. The summed E-state index contributed by atoms with van der Waals surface area (Å²) in [6.07, 6.45) is 1.81. The van der Waals surface area contributed by atoms with Crippen molar-refractivity contribution in [2.24, 2.45) is 0 Å². The van der Waals surface area contributed by atoms with Crippen LogP contribution in [-0.4, -0.2) is 91.7 Å². The van der Waals surface area contributed by atoms with Crippen LogP contribution < -0.4 is 16.0 Å². The molecule has 230 valence electrons. The standard InChI is InChI=1S/C29H46N4O8/c1-18(33(5)28(38)41-29(2,3)4)25(35)32-23(17-34)27(37)31-22(15-16-24(39-6)40-7)26(36)30-21-14-10-12-19-11-8-9-13-20(19)21/h8-9,11,13,18,21-24,34H,10,12,14-17H2,1-7H3,(H,30,36)(H,31,37)(H,32,35)/t18-,21+,22?,23-/m0/s1.